The van der Waals surface area contributed by atoms with Crippen molar-refractivity contribution in [1.82, 2.24) is 10.6 Å². The summed E-state index contributed by atoms with van der Waals surface area (Å²) in [5.74, 6) is 1.74. The molecular weight excluding hydrogens is 628 g/mol. The maximum absolute atomic E-state index is 11.8. The molecule has 3 unspecified atom stereocenters. The SMILES string of the molecule is CC(Cc1ccccc1)NC1CCC(C(=O)NCC=O)C1.COc1ccc(N(C)C)cc1.COc1ccc(NC=O)cc1.Cc1ccccc1. The van der Waals surface area contributed by atoms with Crippen molar-refractivity contribution in [3.05, 3.63) is 120 Å². The molecule has 268 valence electrons. The van der Waals surface area contributed by atoms with Crippen molar-refractivity contribution in [3.8, 4) is 11.5 Å². The third-order valence-corrected chi connectivity index (χ3v) is 7.91. The minimum absolute atomic E-state index is 0.0158. The molecule has 2 amide bonds. The van der Waals surface area contributed by atoms with Crippen LogP contribution in [0.15, 0.2) is 109 Å². The molecule has 0 saturated heterocycles. The number of nitrogens with one attached hydrogen (secondary N) is 3. The van der Waals surface area contributed by atoms with Crippen LogP contribution in [-0.2, 0) is 20.8 Å². The minimum Gasteiger partial charge on any atom is -0.497 e. The normalized spacial score (nSPS) is 14.8. The number of amides is 2. The van der Waals surface area contributed by atoms with E-state index in [1.165, 1.54) is 16.8 Å². The fourth-order valence-corrected chi connectivity index (χ4v) is 5.26. The molecule has 50 heavy (non-hydrogen) atoms. The lowest BCUT2D eigenvalue weighted by Gasteiger charge is -2.19. The summed E-state index contributed by atoms with van der Waals surface area (Å²) in [5, 5.41) is 8.79. The summed E-state index contributed by atoms with van der Waals surface area (Å²) in [6.45, 7) is 4.39. The number of benzene rings is 4. The predicted octanol–water partition coefficient (Wildman–Crippen LogP) is 6.71. The van der Waals surface area contributed by atoms with Crippen molar-refractivity contribution < 1.29 is 23.9 Å². The molecule has 3 N–H and O–H groups in total. The van der Waals surface area contributed by atoms with Crippen LogP contribution in [0.2, 0.25) is 0 Å². The number of aldehydes is 1. The number of anilines is 2. The maximum Gasteiger partial charge on any atom is 0.223 e. The van der Waals surface area contributed by atoms with Crippen LogP contribution in [0.3, 0.4) is 0 Å². The van der Waals surface area contributed by atoms with E-state index >= 15 is 0 Å². The number of methoxy groups -OCH3 is 2. The molecule has 4 aromatic carbocycles. The Hall–Kier alpha value is -5.15. The summed E-state index contributed by atoms with van der Waals surface area (Å²) in [7, 11) is 7.30. The van der Waals surface area contributed by atoms with Crippen LogP contribution in [0, 0.1) is 12.8 Å². The lowest BCUT2D eigenvalue weighted by molar-refractivity contribution is -0.126. The molecule has 0 heterocycles. The quantitative estimate of drug-likeness (QED) is 0.143. The molecule has 0 aliphatic heterocycles. The van der Waals surface area contributed by atoms with Gasteiger partial charge in [0.1, 0.15) is 17.8 Å². The minimum atomic E-state index is 0.0158. The van der Waals surface area contributed by atoms with Crippen molar-refractivity contribution in [2.45, 2.75) is 51.6 Å². The number of nitrogens with zero attached hydrogens (tertiary/aromatic N) is 1. The Balaban J connectivity index is 0.000000253. The topological polar surface area (TPSA) is 109 Å². The van der Waals surface area contributed by atoms with Crippen molar-refractivity contribution in [1.29, 1.82) is 0 Å². The van der Waals surface area contributed by atoms with Crippen molar-refractivity contribution in [2.24, 2.45) is 5.92 Å². The summed E-state index contributed by atoms with van der Waals surface area (Å²) >= 11 is 0. The van der Waals surface area contributed by atoms with E-state index in [1.54, 1.807) is 38.5 Å². The Morgan fingerprint density at radius 2 is 1.38 bits per heavy atom. The second-order valence-electron chi connectivity index (χ2n) is 12.1. The second kappa shape index (κ2) is 24.1. The van der Waals surface area contributed by atoms with Gasteiger partial charge in [0, 0.05) is 43.5 Å². The molecular formula is C41H54N4O5. The molecule has 0 aromatic heterocycles. The highest BCUT2D eigenvalue weighted by atomic mass is 16.5. The van der Waals surface area contributed by atoms with E-state index in [0.717, 1.165) is 49.2 Å². The van der Waals surface area contributed by atoms with Gasteiger partial charge in [0.05, 0.1) is 20.8 Å². The number of carbonyl (C=O) groups is 3. The van der Waals surface area contributed by atoms with Crippen molar-refractivity contribution >= 4 is 30.0 Å². The monoisotopic (exact) mass is 682 g/mol. The highest BCUT2D eigenvalue weighted by Gasteiger charge is 2.30. The van der Waals surface area contributed by atoms with Crippen LogP contribution in [-0.4, -0.2) is 65.5 Å². The summed E-state index contributed by atoms with van der Waals surface area (Å²) in [4.78, 5) is 34.2. The molecule has 5 rings (SSSR count). The summed E-state index contributed by atoms with van der Waals surface area (Å²) in [6, 6.07) is 36.6. The van der Waals surface area contributed by atoms with Gasteiger partial charge in [0.2, 0.25) is 12.3 Å². The van der Waals surface area contributed by atoms with E-state index in [4.69, 9.17) is 9.47 Å². The van der Waals surface area contributed by atoms with E-state index in [0.29, 0.717) is 18.5 Å². The summed E-state index contributed by atoms with van der Waals surface area (Å²) in [5.41, 5.74) is 4.60. The smallest absolute Gasteiger partial charge is 0.223 e. The molecule has 9 nitrogen and oxygen atoms in total. The van der Waals surface area contributed by atoms with Gasteiger partial charge in [-0.05, 0) is 93.6 Å². The maximum atomic E-state index is 11.8. The van der Waals surface area contributed by atoms with Crippen LogP contribution in [0.5, 0.6) is 11.5 Å². The number of rotatable bonds is 12. The van der Waals surface area contributed by atoms with Crippen molar-refractivity contribution in [2.75, 3.05) is 45.1 Å². The molecule has 3 atom stereocenters. The highest BCUT2D eigenvalue weighted by molar-refractivity contribution is 5.80. The Kier molecular flexibility index (Phi) is 19.7. The molecule has 0 spiro atoms. The average molecular weight is 683 g/mol. The van der Waals surface area contributed by atoms with Gasteiger partial charge in [-0.1, -0.05) is 66.2 Å². The van der Waals surface area contributed by atoms with Crippen LogP contribution in [0.1, 0.15) is 37.3 Å². The molecule has 4 aromatic rings. The molecule has 1 fully saturated rings. The van der Waals surface area contributed by atoms with Crippen LogP contribution in [0.4, 0.5) is 11.4 Å². The van der Waals surface area contributed by atoms with E-state index < -0.39 is 0 Å². The Morgan fingerprint density at radius 1 is 0.820 bits per heavy atom. The third kappa shape index (κ3) is 16.8. The Morgan fingerprint density at radius 3 is 1.86 bits per heavy atom. The first kappa shape index (κ1) is 41.0. The Bertz CT molecular complexity index is 1480. The predicted molar refractivity (Wildman–Crippen MR) is 204 cm³/mol. The van der Waals surface area contributed by atoms with Gasteiger partial charge in [0.25, 0.3) is 0 Å². The zero-order chi connectivity index (χ0) is 36.6. The van der Waals surface area contributed by atoms with Gasteiger partial charge in [-0.2, -0.15) is 0 Å². The largest absolute Gasteiger partial charge is 0.497 e. The van der Waals surface area contributed by atoms with E-state index in [-0.39, 0.29) is 18.4 Å². The third-order valence-electron chi connectivity index (χ3n) is 7.91. The lowest BCUT2D eigenvalue weighted by Crippen LogP contribution is -2.37. The van der Waals surface area contributed by atoms with Crippen LogP contribution >= 0.6 is 0 Å². The van der Waals surface area contributed by atoms with Gasteiger partial charge in [-0.25, -0.2) is 0 Å². The van der Waals surface area contributed by atoms with Crippen LogP contribution in [0.25, 0.3) is 0 Å². The molecule has 0 radical (unpaired) electrons. The number of hydrogen-bond donors (Lipinski definition) is 3. The van der Waals surface area contributed by atoms with Crippen LogP contribution < -0.4 is 30.3 Å². The summed E-state index contributed by atoms with van der Waals surface area (Å²) < 4.78 is 9.96. The average Bonchev–Trinajstić information content (AvgIpc) is 3.61. The van der Waals surface area contributed by atoms with Gasteiger partial charge >= 0.3 is 0 Å². The zero-order valence-corrected chi connectivity index (χ0v) is 30.3. The standard InChI is InChI=1S/C17H24N2O2.C9H13NO.C8H9NO2.C7H8/c1-13(11-14-5-3-2-4-6-14)19-16-8-7-15(12-16)17(21)18-9-10-20;1-10(2)8-4-6-9(11-3)7-5-8;1-11-8-4-2-7(3-5-8)9-6-10;1-7-5-3-2-4-6-7/h2-6,10,13,15-16,19H,7-9,11-12H2,1H3,(H,18,21);4-7H,1-3H3;2-6H,1H3,(H,9,10);2-6H,1H3. The summed E-state index contributed by atoms with van der Waals surface area (Å²) in [6.07, 6.45) is 5.16. The molecule has 1 aliphatic rings. The van der Waals surface area contributed by atoms with Gasteiger partial charge in [0.15, 0.2) is 0 Å². The lowest BCUT2D eigenvalue weighted by atomic mass is 10.0. The highest BCUT2D eigenvalue weighted by Crippen LogP contribution is 2.26. The molecule has 9 heteroatoms. The number of carbonyl (C=O) groups excluding carboxylic acids is 3. The number of ether oxygens (including phenoxy) is 2. The first-order valence-corrected chi connectivity index (χ1v) is 16.9. The van der Waals surface area contributed by atoms with Gasteiger partial charge in [-0.15, -0.1) is 0 Å². The van der Waals surface area contributed by atoms with Gasteiger partial charge in [-0.3, -0.25) is 9.59 Å². The zero-order valence-electron chi connectivity index (χ0n) is 30.3. The first-order valence-electron chi connectivity index (χ1n) is 16.9. The molecule has 1 aliphatic carbocycles. The first-order chi connectivity index (χ1) is 24.2. The van der Waals surface area contributed by atoms with Crippen molar-refractivity contribution in [3.63, 3.8) is 0 Å². The Labute approximate surface area is 298 Å². The fourth-order valence-electron chi connectivity index (χ4n) is 5.26. The molecule has 1 saturated carbocycles. The van der Waals surface area contributed by atoms with Gasteiger partial charge < -0.3 is 35.1 Å². The number of hydrogen-bond acceptors (Lipinski definition) is 7. The second-order valence-corrected chi connectivity index (χ2v) is 12.1. The van der Waals surface area contributed by atoms with E-state index in [9.17, 15) is 14.4 Å². The van der Waals surface area contributed by atoms with E-state index in [1.807, 2.05) is 62.6 Å². The molecule has 0 bridgehead atoms. The van der Waals surface area contributed by atoms with E-state index in [2.05, 4.69) is 71.1 Å². The fraction of sp³-hybridized carbons (Fsp3) is 0.341. The number of aryl methyl sites for hydroxylation is 1.